The number of halogens is 9. The molecule has 2 aliphatic heterocycles. The first-order valence-electron chi connectivity index (χ1n) is 10.7. The lowest BCUT2D eigenvalue weighted by atomic mass is 9.78. The molecule has 202 valence electrons. The lowest BCUT2D eigenvalue weighted by Gasteiger charge is -2.39. The predicted octanol–water partition coefficient (Wildman–Crippen LogP) is 5.32. The summed E-state index contributed by atoms with van der Waals surface area (Å²) in [6, 6.07) is 2.83. The molecule has 1 aromatic rings. The standard InChI is InChI=1S/C21H21F9N2O4/c22-19(23,24)14-2-1-12(9-13(14)15(33)34)10-31-6-3-18(11-31)4-7-32(8-5-18)17(35)36-16(20(25,26)27)21(28,29)30/h1-2,9,16H,3-8,10-11H2,(H,33,34). The lowest BCUT2D eigenvalue weighted by Crippen LogP contribution is -2.50. The average molecular weight is 536 g/mol. The molecule has 1 N–H and O–H groups in total. The van der Waals surface area contributed by atoms with Crippen LogP contribution in [-0.4, -0.2) is 71.6 Å². The largest absolute Gasteiger partial charge is 0.478 e. The zero-order valence-corrected chi connectivity index (χ0v) is 18.4. The van der Waals surface area contributed by atoms with Crippen LogP contribution in [0.2, 0.25) is 0 Å². The Morgan fingerprint density at radius 2 is 1.50 bits per heavy atom. The molecule has 0 bridgehead atoms. The predicted molar refractivity (Wildman–Crippen MR) is 104 cm³/mol. The molecule has 36 heavy (non-hydrogen) atoms. The smallest absolute Gasteiger partial charge is 0.434 e. The van der Waals surface area contributed by atoms with Crippen LogP contribution >= 0.6 is 0 Å². The van der Waals surface area contributed by atoms with E-state index in [2.05, 4.69) is 4.74 Å². The van der Waals surface area contributed by atoms with Crippen LogP contribution in [0.15, 0.2) is 18.2 Å². The van der Waals surface area contributed by atoms with Crippen LogP contribution < -0.4 is 0 Å². The minimum absolute atomic E-state index is 0.126. The number of nitrogens with zero attached hydrogens (tertiary/aromatic N) is 2. The van der Waals surface area contributed by atoms with Gasteiger partial charge in [-0.1, -0.05) is 6.07 Å². The van der Waals surface area contributed by atoms with Crippen LogP contribution in [0, 0.1) is 5.41 Å². The molecular formula is C21H21F9N2O4. The molecule has 2 fully saturated rings. The molecule has 1 aromatic carbocycles. The summed E-state index contributed by atoms with van der Waals surface area (Å²) in [5.41, 5.74) is -2.21. The van der Waals surface area contributed by atoms with Crippen LogP contribution in [0.25, 0.3) is 0 Å². The second-order valence-corrected chi connectivity index (χ2v) is 8.98. The van der Waals surface area contributed by atoms with Crippen molar-refractivity contribution in [3.05, 3.63) is 34.9 Å². The summed E-state index contributed by atoms with van der Waals surface area (Å²) < 4.78 is 119. The summed E-state index contributed by atoms with van der Waals surface area (Å²) in [5.74, 6) is -1.72. The van der Waals surface area contributed by atoms with Crippen LogP contribution in [0.4, 0.5) is 44.3 Å². The van der Waals surface area contributed by atoms with Gasteiger partial charge in [0, 0.05) is 26.2 Å². The minimum atomic E-state index is -5.81. The summed E-state index contributed by atoms with van der Waals surface area (Å²) in [6.45, 7) is 0.785. The molecule has 2 aliphatic rings. The molecule has 3 rings (SSSR count). The molecule has 2 heterocycles. The van der Waals surface area contributed by atoms with Crippen molar-refractivity contribution in [2.75, 3.05) is 26.2 Å². The van der Waals surface area contributed by atoms with Crippen LogP contribution in [0.1, 0.15) is 40.7 Å². The first kappa shape index (κ1) is 27.9. The van der Waals surface area contributed by atoms with E-state index in [1.54, 1.807) is 0 Å². The van der Waals surface area contributed by atoms with Crippen molar-refractivity contribution < 1.29 is 58.9 Å². The third-order valence-corrected chi connectivity index (χ3v) is 6.44. The minimum Gasteiger partial charge on any atom is -0.478 e. The third-order valence-electron chi connectivity index (χ3n) is 6.44. The number of aromatic carboxylic acids is 1. The molecule has 0 saturated carbocycles. The monoisotopic (exact) mass is 536 g/mol. The SMILES string of the molecule is O=C(O)c1cc(CN2CCC3(CCN(C(=O)OC(C(F)(F)F)C(F)(F)F)CC3)C2)ccc1C(F)(F)F. The summed E-state index contributed by atoms with van der Waals surface area (Å²) in [4.78, 5) is 25.9. The second-order valence-electron chi connectivity index (χ2n) is 8.98. The Morgan fingerprint density at radius 1 is 0.944 bits per heavy atom. The fourth-order valence-electron chi connectivity index (χ4n) is 4.60. The fraction of sp³-hybridized carbons (Fsp3) is 0.619. The van der Waals surface area contributed by atoms with E-state index in [9.17, 15) is 49.1 Å². The normalized spacial score (nSPS) is 19.2. The van der Waals surface area contributed by atoms with Crippen molar-refractivity contribution in [1.82, 2.24) is 9.80 Å². The van der Waals surface area contributed by atoms with Gasteiger partial charge in [-0.15, -0.1) is 0 Å². The fourth-order valence-corrected chi connectivity index (χ4v) is 4.60. The first-order chi connectivity index (χ1) is 16.4. The highest BCUT2D eigenvalue weighted by Gasteiger charge is 2.60. The molecular weight excluding hydrogens is 515 g/mol. The Balaban J connectivity index is 1.59. The first-order valence-corrected chi connectivity index (χ1v) is 10.7. The van der Waals surface area contributed by atoms with Crippen molar-refractivity contribution in [2.45, 2.75) is 50.4 Å². The summed E-state index contributed by atoms with van der Waals surface area (Å²) in [5, 5.41) is 9.15. The third kappa shape index (κ3) is 6.34. The van der Waals surface area contributed by atoms with E-state index in [0.717, 1.165) is 11.0 Å². The van der Waals surface area contributed by atoms with Gasteiger partial charge >= 0.3 is 30.6 Å². The Labute approximate surface area is 198 Å². The molecule has 1 spiro atoms. The van der Waals surface area contributed by atoms with E-state index < -0.39 is 53.2 Å². The molecule has 0 aromatic heterocycles. The maximum absolute atomic E-state index is 13.0. The van der Waals surface area contributed by atoms with Crippen molar-refractivity contribution in [3.8, 4) is 0 Å². The van der Waals surface area contributed by atoms with Gasteiger partial charge in [0.25, 0.3) is 6.10 Å². The lowest BCUT2D eigenvalue weighted by molar-refractivity contribution is -0.308. The molecule has 0 atom stereocenters. The van der Waals surface area contributed by atoms with E-state index in [1.807, 2.05) is 4.90 Å². The number of carbonyl (C=O) groups is 2. The number of carbonyl (C=O) groups excluding carboxylic acids is 1. The number of benzene rings is 1. The number of alkyl halides is 9. The van der Waals surface area contributed by atoms with E-state index >= 15 is 0 Å². The number of carboxylic acids is 1. The van der Waals surface area contributed by atoms with Gasteiger partial charge in [0.1, 0.15) is 0 Å². The Hall–Kier alpha value is -2.71. The van der Waals surface area contributed by atoms with Gasteiger partial charge in [0.05, 0.1) is 11.1 Å². The van der Waals surface area contributed by atoms with Crippen molar-refractivity contribution >= 4 is 12.1 Å². The maximum Gasteiger partial charge on any atom is 0.434 e. The number of hydrogen-bond acceptors (Lipinski definition) is 4. The summed E-state index contributed by atoms with van der Waals surface area (Å²) in [6.07, 6.45) is -21.3. The van der Waals surface area contributed by atoms with Gasteiger partial charge < -0.3 is 14.7 Å². The van der Waals surface area contributed by atoms with Crippen molar-refractivity contribution in [3.63, 3.8) is 0 Å². The Bertz CT molecular complexity index is 969. The van der Waals surface area contributed by atoms with Crippen molar-refractivity contribution in [1.29, 1.82) is 0 Å². The van der Waals surface area contributed by atoms with Gasteiger partial charge in [-0.3, -0.25) is 4.90 Å². The number of rotatable bonds is 4. The van der Waals surface area contributed by atoms with Gasteiger partial charge in [0.15, 0.2) is 0 Å². The number of carboxylic acid groups (broad SMARTS) is 1. The van der Waals surface area contributed by atoms with Crippen LogP contribution in [0.3, 0.4) is 0 Å². The van der Waals surface area contributed by atoms with Gasteiger partial charge in [0.2, 0.25) is 0 Å². The van der Waals surface area contributed by atoms with Crippen molar-refractivity contribution in [2.24, 2.45) is 5.41 Å². The molecule has 15 heteroatoms. The van der Waals surface area contributed by atoms with Gasteiger partial charge in [-0.25, -0.2) is 9.59 Å². The van der Waals surface area contributed by atoms with E-state index in [0.29, 0.717) is 31.1 Å². The van der Waals surface area contributed by atoms with Crippen LogP contribution in [-0.2, 0) is 17.5 Å². The van der Waals surface area contributed by atoms with Crippen LogP contribution in [0.5, 0.6) is 0 Å². The molecule has 6 nitrogen and oxygen atoms in total. The van der Waals surface area contributed by atoms with E-state index in [-0.39, 0.29) is 32.5 Å². The average Bonchev–Trinajstić information content (AvgIpc) is 3.11. The molecule has 0 unspecified atom stereocenters. The quantitative estimate of drug-likeness (QED) is 0.528. The Kier molecular flexibility index (Phi) is 7.46. The number of likely N-dealkylation sites (tertiary alicyclic amines) is 2. The summed E-state index contributed by atoms with van der Waals surface area (Å²) >= 11 is 0. The highest BCUT2D eigenvalue weighted by molar-refractivity contribution is 5.89. The molecule has 2 saturated heterocycles. The number of hydrogen-bond donors (Lipinski definition) is 1. The van der Waals surface area contributed by atoms with Gasteiger partial charge in [-0.05, 0) is 48.9 Å². The highest BCUT2D eigenvalue weighted by atomic mass is 19.4. The number of amides is 1. The van der Waals surface area contributed by atoms with Gasteiger partial charge in [-0.2, -0.15) is 39.5 Å². The zero-order valence-electron chi connectivity index (χ0n) is 18.4. The Morgan fingerprint density at radius 3 is 2.00 bits per heavy atom. The summed E-state index contributed by atoms with van der Waals surface area (Å²) in [7, 11) is 0. The van der Waals surface area contributed by atoms with E-state index in [1.165, 1.54) is 6.07 Å². The second kappa shape index (κ2) is 9.63. The highest BCUT2D eigenvalue weighted by Crippen LogP contribution is 2.42. The molecule has 1 amide bonds. The zero-order chi connectivity index (χ0) is 27.1. The molecule has 0 radical (unpaired) electrons. The van der Waals surface area contributed by atoms with E-state index in [4.69, 9.17) is 5.11 Å². The number of piperidine rings is 1. The maximum atomic E-state index is 13.0. The number of ether oxygens (including phenoxy) is 1. The topological polar surface area (TPSA) is 70.1 Å². The molecule has 0 aliphatic carbocycles.